The summed E-state index contributed by atoms with van der Waals surface area (Å²) < 4.78 is 0. The molecule has 54 valence electrons. The van der Waals surface area contributed by atoms with Crippen molar-refractivity contribution in [2.24, 2.45) is 0 Å². The van der Waals surface area contributed by atoms with Crippen LogP contribution in [0.15, 0.2) is 30.3 Å². The van der Waals surface area contributed by atoms with Crippen molar-refractivity contribution >= 4 is 5.69 Å². The van der Waals surface area contributed by atoms with Crippen LogP contribution >= 0.6 is 0 Å². The normalized spacial score (nSPS) is 9.00. The third kappa shape index (κ3) is 4.46. The Morgan fingerprint density at radius 3 is 2.09 bits per heavy atom. The number of hydrogen-bond acceptors (Lipinski definition) is 0. The van der Waals surface area contributed by atoms with Crippen molar-refractivity contribution in [3.8, 4) is 0 Å². The standard InChI is InChI=1S/C9H12N.Na/c1-8(2)10-9-6-4-3-5-7-9;/h3-8H,1-2H3;/q-1;+1. The maximum Gasteiger partial charge on any atom is 1.00 e. The smallest absolute Gasteiger partial charge is 0.682 e. The van der Waals surface area contributed by atoms with E-state index in [1.54, 1.807) is 0 Å². The minimum Gasteiger partial charge on any atom is -0.682 e. The molecule has 1 nitrogen and oxygen atoms in total. The molecule has 0 spiro atoms. The number of nitrogens with zero attached hydrogens (tertiary/aromatic N) is 1. The van der Waals surface area contributed by atoms with Crippen molar-refractivity contribution in [3.05, 3.63) is 35.6 Å². The van der Waals surface area contributed by atoms with Crippen molar-refractivity contribution < 1.29 is 29.6 Å². The quantitative estimate of drug-likeness (QED) is 0.541. The summed E-state index contributed by atoms with van der Waals surface area (Å²) in [4.78, 5) is 0. The molecule has 1 aromatic carbocycles. The summed E-state index contributed by atoms with van der Waals surface area (Å²) in [5.41, 5.74) is 1.07. The first-order valence-electron chi connectivity index (χ1n) is 3.55. The van der Waals surface area contributed by atoms with E-state index >= 15 is 0 Å². The largest absolute Gasteiger partial charge is 1.00 e. The molecule has 0 aliphatic rings. The zero-order valence-electron chi connectivity index (χ0n) is 7.41. The van der Waals surface area contributed by atoms with Crippen LogP contribution in [0.4, 0.5) is 5.69 Å². The summed E-state index contributed by atoms with van der Waals surface area (Å²) in [6.07, 6.45) is 0. The van der Waals surface area contributed by atoms with Crippen molar-refractivity contribution in [2.45, 2.75) is 19.9 Å². The minimum absolute atomic E-state index is 0. The van der Waals surface area contributed by atoms with Gasteiger partial charge in [-0.1, -0.05) is 44.2 Å². The van der Waals surface area contributed by atoms with Gasteiger partial charge in [0.1, 0.15) is 0 Å². The second-order valence-electron chi connectivity index (χ2n) is 2.56. The topological polar surface area (TPSA) is 14.1 Å². The summed E-state index contributed by atoms with van der Waals surface area (Å²) in [5, 5.41) is 4.36. The van der Waals surface area contributed by atoms with Crippen LogP contribution in [0, 0.1) is 0 Å². The maximum absolute atomic E-state index is 4.36. The molecule has 0 atom stereocenters. The summed E-state index contributed by atoms with van der Waals surface area (Å²) in [6, 6.07) is 10.4. The van der Waals surface area contributed by atoms with Crippen LogP contribution in [0.3, 0.4) is 0 Å². The van der Waals surface area contributed by atoms with Gasteiger partial charge in [-0.25, -0.2) is 0 Å². The Balaban J connectivity index is 0.000001000. The zero-order chi connectivity index (χ0) is 7.40. The minimum atomic E-state index is 0. The fraction of sp³-hybridized carbons (Fsp3) is 0.333. The van der Waals surface area contributed by atoms with Crippen molar-refractivity contribution in [1.29, 1.82) is 0 Å². The molecule has 0 aromatic heterocycles. The van der Waals surface area contributed by atoms with Crippen LogP contribution in [0.25, 0.3) is 5.32 Å². The van der Waals surface area contributed by atoms with Crippen LogP contribution < -0.4 is 29.6 Å². The van der Waals surface area contributed by atoms with Crippen LogP contribution in [-0.4, -0.2) is 6.04 Å². The Labute approximate surface area is 90.5 Å². The molecule has 0 heterocycles. The van der Waals surface area contributed by atoms with Gasteiger partial charge in [0.15, 0.2) is 0 Å². The monoisotopic (exact) mass is 157 g/mol. The van der Waals surface area contributed by atoms with E-state index in [2.05, 4.69) is 19.2 Å². The third-order valence-electron chi connectivity index (χ3n) is 1.16. The summed E-state index contributed by atoms with van der Waals surface area (Å²) in [6.45, 7) is 4.15. The zero-order valence-corrected chi connectivity index (χ0v) is 9.41. The van der Waals surface area contributed by atoms with E-state index in [0.29, 0.717) is 6.04 Å². The van der Waals surface area contributed by atoms with Gasteiger partial charge in [-0.2, -0.15) is 0 Å². The van der Waals surface area contributed by atoms with Crippen LogP contribution in [-0.2, 0) is 0 Å². The Bertz CT molecular complexity index is 184. The first-order chi connectivity index (χ1) is 4.79. The van der Waals surface area contributed by atoms with E-state index in [-0.39, 0.29) is 29.6 Å². The first-order valence-corrected chi connectivity index (χ1v) is 3.55. The molecule has 0 saturated carbocycles. The fourth-order valence-electron chi connectivity index (χ4n) is 0.812. The summed E-state index contributed by atoms with van der Waals surface area (Å²) in [7, 11) is 0. The van der Waals surface area contributed by atoms with Gasteiger partial charge < -0.3 is 5.32 Å². The first kappa shape index (κ1) is 11.0. The molecule has 0 fully saturated rings. The average molecular weight is 157 g/mol. The molecule has 0 aliphatic carbocycles. The van der Waals surface area contributed by atoms with Crippen molar-refractivity contribution in [2.75, 3.05) is 0 Å². The van der Waals surface area contributed by atoms with Crippen LogP contribution in [0.2, 0.25) is 0 Å². The predicted octanol–water partition coefficient (Wildman–Crippen LogP) is 0.104. The molecular weight excluding hydrogens is 145 g/mol. The number of rotatable bonds is 2. The molecule has 0 saturated heterocycles. The summed E-state index contributed by atoms with van der Waals surface area (Å²) >= 11 is 0. The van der Waals surface area contributed by atoms with Gasteiger partial charge in [0, 0.05) is 0 Å². The van der Waals surface area contributed by atoms with Gasteiger partial charge in [-0.05, 0) is 0 Å². The molecule has 0 N–H and O–H groups in total. The molecule has 1 rings (SSSR count). The van der Waals surface area contributed by atoms with Gasteiger partial charge in [-0.15, -0.1) is 11.7 Å². The van der Waals surface area contributed by atoms with Crippen LogP contribution in [0.1, 0.15) is 13.8 Å². The fourth-order valence-corrected chi connectivity index (χ4v) is 0.812. The molecule has 0 unspecified atom stereocenters. The number of benzene rings is 1. The second kappa shape index (κ2) is 5.64. The SMILES string of the molecule is CC(C)[N-]c1ccccc1.[Na+]. The van der Waals surface area contributed by atoms with E-state index in [1.165, 1.54) is 0 Å². The van der Waals surface area contributed by atoms with Crippen LogP contribution in [0.5, 0.6) is 0 Å². The van der Waals surface area contributed by atoms with E-state index in [0.717, 1.165) is 5.69 Å². The molecule has 11 heavy (non-hydrogen) atoms. The second-order valence-corrected chi connectivity index (χ2v) is 2.56. The predicted molar refractivity (Wildman–Crippen MR) is 44.6 cm³/mol. The van der Waals surface area contributed by atoms with Crippen molar-refractivity contribution in [1.82, 2.24) is 0 Å². The Kier molecular flexibility index (Phi) is 5.65. The van der Waals surface area contributed by atoms with Gasteiger partial charge in [0.2, 0.25) is 0 Å². The molecule has 0 radical (unpaired) electrons. The number of hydrogen-bond donors (Lipinski definition) is 0. The van der Waals surface area contributed by atoms with Gasteiger partial charge in [0.25, 0.3) is 0 Å². The van der Waals surface area contributed by atoms with Gasteiger partial charge in [-0.3, -0.25) is 0 Å². The average Bonchev–Trinajstić information content (AvgIpc) is 1.88. The number of para-hydroxylation sites is 1. The summed E-state index contributed by atoms with van der Waals surface area (Å²) in [5.74, 6) is 0. The van der Waals surface area contributed by atoms with E-state index in [9.17, 15) is 0 Å². The Hall–Kier alpha value is 0.0200. The van der Waals surface area contributed by atoms with Gasteiger partial charge in [0.05, 0.1) is 0 Å². The maximum atomic E-state index is 4.36. The van der Waals surface area contributed by atoms with Crippen molar-refractivity contribution in [3.63, 3.8) is 0 Å². The molecule has 0 amide bonds. The Morgan fingerprint density at radius 2 is 1.64 bits per heavy atom. The molecule has 0 aliphatic heterocycles. The molecule has 1 aromatic rings. The molecule has 0 bridgehead atoms. The van der Waals surface area contributed by atoms with E-state index in [1.807, 2.05) is 30.3 Å². The third-order valence-corrected chi connectivity index (χ3v) is 1.16. The van der Waals surface area contributed by atoms with Gasteiger partial charge >= 0.3 is 29.6 Å². The van der Waals surface area contributed by atoms with E-state index in [4.69, 9.17) is 0 Å². The Morgan fingerprint density at radius 1 is 1.09 bits per heavy atom. The molecule has 2 heteroatoms. The van der Waals surface area contributed by atoms with E-state index < -0.39 is 0 Å². The molecular formula is C9H12NNa.